The SMILES string of the molecule is CCC(C)NCC(=O)NCCCn1ccnn1. The monoisotopic (exact) mass is 239 g/mol. The Bertz CT molecular complexity index is 312. The van der Waals surface area contributed by atoms with Crippen molar-refractivity contribution in [1.82, 2.24) is 25.6 Å². The summed E-state index contributed by atoms with van der Waals surface area (Å²) in [5, 5.41) is 13.6. The molecule has 6 heteroatoms. The van der Waals surface area contributed by atoms with Crippen molar-refractivity contribution < 1.29 is 4.79 Å². The Morgan fingerprint density at radius 2 is 2.35 bits per heavy atom. The second-order valence-corrected chi connectivity index (χ2v) is 4.06. The third-order valence-corrected chi connectivity index (χ3v) is 2.58. The summed E-state index contributed by atoms with van der Waals surface area (Å²) in [4.78, 5) is 11.4. The molecule has 0 aromatic carbocycles. The molecule has 1 heterocycles. The first kappa shape index (κ1) is 13.6. The van der Waals surface area contributed by atoms with Gasteiger partial charge in [0.05, 0.1) is 12.7 Å². The largest absolute Gasteiger partial charge is 0.355 e. The summed E-state index contributed by atoms with van der Waals surface area (Å²) in [6.07, 6.45) is 5.35. The lowest BCUT2D eigenvalue weighted by Crippen LogP contribution is -2.38. The first-order valence-corrected chi connectivity index (χ1v) is 6.06. The van der Waals surface area contributed by atoms with E-state index in [2.05, 4.69) is 34.8 Å². The first-order chi connectivity index (χ1) is 8.22. The Labute approximate surface area is 102 Å². The van der Waals surface area contributed by atoms with Crippen LogP contribution in [0.15, 0.2) is 12.4 Å². The third-order valence-electron chi connectivity index (χ3n) is 2.58. The van der Waals surface area contributed by atoms with Gasteiger partial charge < -0.3 is 10.6 Å². The quantitative estimate of drug-likeness (QED) is 0.634. The van der Waals surface area contributed by atoms with E-state index in [0.717, 1.165) is 19.4 Å². The lowest BCUT2D eigenvalue weighted by molar-refractivity contribution is -0.120. The lowest BCUT2D eigenvalue weighted by Gasteiger charge is -2.11. The molecule has 96 valence electrons. The van der Waals surface area contributed by atoms with Crippen LogP contribution in [0.25, 0.3) is 0 Å². The third kappa shape index (κ3) is 6.01. The Kier molecular flexibility index (Phi) is 6.24. The average molecular weight is 239 g/mol. The number of rotatable bonds is 8. The molecule has 1 aromatic rings. The van der Waals surface area contributed by atoms with Gasteiger partial charge in [-0.2, -0.15) is 0 Å². The van der Waals surface area contributed by atoms with Crippen LogP contribution in [-0.2, 0) is 11.3 Å². The number of aromatic nitrogens is 3. The van der Waals surface area contributed by atoms with Crippen molar-refractivity contribution in [2.75, 3.05) is 13.1 Å². The summed E-state index contributed by atoms with van der Waals surface area (Å²) >= 11 is 0. The fourth-order valence-electron chi connectivity index (χ4n) is 1.29. The van der Waals surface area contributed by atoms with Crippen molar-refractivity contribution in [1.29, 1.82) is 0 Å². The van der Waals surface area contributed by atoms with Crippen molar-refractivity contribution in [2.45, 2.75) is 39.3 Å². The highest BCUT2D eigenvalue weighted by atomic mass is 16.1. The van der Waals surface area contributed by atoms with E-state index in [0.29, 0.717) is 19.1 Å². The summed E-state index contributed by atoms with van der Waals surface area (Å²) in [5.41, 5.74) is 0. The fourth-order valence-corrected chi connectivity index (χ4v) is 1.29. The molecule has 1 aromatic heterocycles. The Balaban J connectivity index is 2.00. The number of aryl methyl sites for hydroxylation is 1. The van der Waals surface area contributed by atoms with Crippen molar-refractivity contribution in [3.05, 3.63) is 12.4 Å². The maximum Gasteiger partial charge on any atom is 0.233 e. The van der Waals surface area contributed by atoms with Gasteiger partial charge >= 0.3 is 0 Å². The molecular formula is C11H21N5O. The molecule has 2 N–H and O–H groups in total. The van der Waals surface area contributed by atoms with Crippen LogP contribution < -0.4 is 10.6 Å². The molecule has 0 saturated heterocycles. The minimum absolute atomic E-state index is 0.0453. The standard InChI is InChI=1S/C11H21N5O/c1-3-10(2)13-9-11(17)12-5-4-7-16-8-6-14-15-16/h6,8,10,13H,3-5,7,9H2,1-2H3,(H,12,17). The van der Waals surface area contributed by atoms with E-state index >= 15 is 0 Å². The molecule has 1 unspecified atom stereocenters. The van der Waals surface area contributed by atoms with E-state index in [-0.39, 0.29) is 5.91 Å². The molecule has 0 aliphatic rings. The molecule has 0 saturated carbocycles. The molecule has 0 bridgehead atoms. The van der Waals surface area contributed by atoms with Gasteiger partial charge in [-0.15, -0.1) is 5.10 Å². The molecule has 0 fully saturated rings. The van der Waals surface area contributed by atoms with Crippen LogP contribution in [0.2, 0.25) is 0 Å². The second kappa shape index (κ2) is 7.78. The van der Waals surface area contributed by atoms with E-state index in [4.69, 9.17) is 0 Å². The number of carbonyl (C=O) groups excluding carboxylic acids is 1. The van der Waals surface area contributed by atoms with Gasteiger partial charge in [-0.25, -0.2) is 0 Å². The maximum absolute atomic E-state index is 11.4. The predicted molar refractivity (Wildman–Crippen MR) is 65.4 cm³/mol. The zero-order valence-corrected chi connectivity index (χ0v) is 10.5. The number of hydrogen-bond donors (Lipinski definition) is 2. The van der Waals surface area contributed by atoms with Crippen LogP contribution in [0.4, 0.5) is 0 Å². The van der Waals surface area contributed by atoms with E-state index < -0.39 is 0 Å². The van der Waals surface area contributed by atoms with Crippen molar-refractivity contribution in [3.63, 3.8) is 0 Å². The molecule has 0 radical (unpaired) electrons. The Hall–Kier alpha value is -1.43. The van der Waals surface area contributed by atoms with Crippen molar-refractivity contribution >= 4 is 5.91 Å². The summed E-state index contributed by atoms with van der Waals surface area (Å²) in [5.74, 6) is 0.0453. The van der Waals surface area contributed by atoms with Gasteiger partial charge in [-0.1, -0.05) is 12.1 Å². The second-order valence-electron chi connectivity index (χ2n) is 4.06. The topological polar surface area (TPSA) is 71.8 Å². The van der Waals surface area contributed by atoms with Gasteiger partial charge in [0.2, 0.25) is 5.91 Å². The molecule has 1 rings (SSSR count). The first-order valence-electron chi connectivity index (χ1n) is 6.06. The number of nitrogens with one attached hydrogen (secondary N) is 2. The molecule has 17 heavy (non-hydrogen) atoms. The molecule has 6 nitrogen and oxygen atoms in total. The number of hydrogen-bond acceptors (Lipinski definition) is 4. The summed E-state index contributed by atoms with van der Waals surface area (Å²) in [6.45, 7) is 5.99. The Morgan fingerprint density at radius 1 is 1.53 bits per heavy atom. The van der Waals surface area contributed by atoms with E-state index in [1.165, 1.54) is 0 Å². The molecule has 0 aliphatic heterocycles. The van der Waals surface area contributed by atoms with Gasteiger partial charge in [0.1, 0.15) is 0 Å². The van der Waals surface area contributed by atoms with E-state index in [1.54, 1.807) is 10.9 Å². The zero-order valence-electron chi connectivity index (χ0n) is 10.5. The van der Waals surface area contributed by atoms with Crippen LogP contribution >= 0.6 is 0 Å². The van der Waals surface area contributed by atoms with Gasteiger partial charge in [-0.3, -0.25) is 9.48 Å². The van der Waals surface area contributed by atoms with Crippen LogP contribution in [0.3, 0.4) is 0 Å². The number of carbonyl (C=O) groups is 1. The van der Waals surface area contributed by atoms with Gasteiger partial charge in [-0.05, 0) is 19.8 Å². The molecule has 1 atom stereocenters. The van der Waals surface area contributed by atoms with Crippen LogP contribution in [0.5, 0.6) is 0 Å². The van der Waals surface area contributed by atoms with E-state index in [9.17, 15) is 4.79 Å². The van der Waals surface area contributed by atoms with Crippen LogP contribution in [-0.4, -0.2) is 40.0 Å². The molecule has 0 spiro atoms. The lowest BCUT2D eigenvalue weighted by atomic mass is 10.2. The number of amides is 1. The normalized spacial score (nSPS) is 12.4. The minimum atomic E-state index is 0.0453. The van der Waals surface area contributed by atoms with Crippen molar-refractivity contribution in [3.8, 4) is 0 Å². The smallest absolute Gasteiger partial charge is 0.233 e. The van der Waals surface area contributed by atoms with Crippen molar-refractivity contribution in [2.24, 2.45) is 0 Å². The minimum Gasteiger partial charge on any atom is -0.355 e. The molecule has 0 aliphatic carbocycles. The highest BCUT2D eigenvalue weighted by Gasteiger charge is 2.02. The predicted octanol–water partition coefficient (Wildman–Crippen LogP) is 0.173. The zero-order chi connectivity index (χ0) is 12.5. The van der Waals surface area contributed by atoms with Gasteiger partial charge in [0.15, 0.2) is 0 Å². The van der Waals surface area contributed by atoms with E-state index in [1.807, 2.05) is 6.20 Å². The highest BCUT2D eigenvalue weighted by molar-refractivity contribution is 5.77. The Morgan fingerprint density at radius 3 is 3.00 bits per heavy atom. The molecule has 1 amide bonds. The van der Waals surface area contributed by atoms with Crippen LogP contribution in [0.1, 0.15) is 26.7 Å². The summed E-state index contributed by atoms with van der Waals surface area (Å²) in [6, 6.07) is 0.385. The maximum atomic E-state index is 11.4. The van der Waals surface area contributed by atoms with Gasteiger partial charge in [0, 0.05) is 25.3 Å². The summed E-state index contributed by atoms with van der Waals surface area (Å²) < 4.78 is 1.75. The highest BCUT2D eigenvalue weighted by Crippen LogP contribution is 1.87. The summed E-state index contributed by atoms with van der Waals surface area (Å²) in [7, 11) is 0. The fraction of sp³-hybridized carbons (Fsp3) is 0.727. The number of nitrogens with zero attached hydrogens (tertiary/aromatic N) is 3. The molecular weight excluding hydrogens is 218 g/mol. The van der Waals surface area contributed by atoms with Gasteiger partial charge in [0.25, 0.3) is 0 Å². The van der Waals surface area contributed by atoms with Crippen LogP contribution in [0, 0.1) is 0 Å². The average Bonchev–Trinajstić information content (AvgIpc) is 2.84.